The van der Waals surface area contributed by atoms with Crippen molar-refractivity contribution in [2.45, 2.75) is 6.42 Å². The lowest BCUT2D eigenvalue weighted by Gasteiger charge is -2.00. The molecule has 78 valence electrons. The molecule has 0 aliphatic heterocycles. The van der Waals surface area contributed by atoms with E-state index in [9.17, 15) is 9.59 Å². The average Bonchev–Trinajstić information content (AvgIpc) is 2.18. The Labute approximate surface area is 90.0 Å². The summed E-state index contributed by atoms with van der Waals surface area (Å²) in [6.07, 6.45) is 1.31. The van der Waals surface area contributed by atoms with Crippen molar-refractivity contribution < 1.29 is 18.8 Å². The molecule has 0 saturated carbocycles. The molecular weight excluding hydrogens is 220 g/mol. The van der Waals surface area contributed by atoms with Crippen LogP contribution in [0.2, 0.25) is 0 Å². The lowest BCUT2D eigenvalue weighted by atomic mass is 10.5. The van der Waals surface area contributed by atoms with Crippen molar-refractivity contribution in [3.8, 4) is 0 Å². The Bertz CT molecular complexity index is 208. The quantitative estimate of drug-likeness (QED) is 0.278. The molecule has 0 rings (SSSR count). The number of hydrogen-bond donors (Lipinski definition) is 0. The second-order valence-corrected chi connectivity index (χ2v) is 4.73. The van der Waals surface area contributed by atoms with E-state index in [2.05, 4.69) is 11.3 Å². The molecule has 0 unspecified atom stereocenters. The SMILES string of the molecule is C=CC(=O)OCCC(=O)SC[Si]OC. The molecule has 0 heterocycles. The number of carbonyl (C=O) groups excluding carboxylic acids is 2. The number of carbonyl (C=O) groups is 2. The normalized spacial score (nSPS) is 9.50. The molecule has 0 amide bonds. The van der Waals surface area contributed by atoms with Crippen molar-refractivity contribution in [1.82, 2.24) is 0 Å². The summed E-state index contributed by atoms with van der Waals surface area (Å²) in [5, 5.41) is 0.663. The van der Waals surface area contributed by atoms with Gasteiger partial charge >= 0.3 is 5.97 Å². The molecule has 0 aromatic carbocycles. The zero-order valence-corrected chi connectivity index (χ0v) is 9.76. The Morgan fingerprint density at radius 2 is 2.29 bits per heavy atom. The molecule has 0 atom stereocenters. The minimum absolute atomic E-state index is 0.00594. The van der Waals surface area contributed by atoms with Crippen LogP contribution in [0, 0.1) is 0 Å². The van der Waals surface area contributed by atoms with Crippen LogP contribution in [0.1, 0.15) is 6.42 Å². The van der Waals surface area contributed by atoms with Crippen LogP contribution in [-0.4, -0.2) is 39.9 Å². The van der Waals surface area contributed by atoms with Crippen molar-refractivity contribution in [3.63, 3.8) is 0 Å². The minimum atomic E-state index is -0.499. The van der Waals surface area contributed by atoms with Crippen molar-refractivity contribution in [3.05, 3.63) is 12.7 Å². The monoisotopic (exact) mass is 232 g/mol. The van der Waals surface area contributed by atoms with E-state index in [-0.39, 0.29) is 18.1 Å². The fourth-order valence-electron chi connectivity index (χ4n) is 0.535. The first-order valence-electron chi connectivity index (χ1n) is 3.91. The number of thioether (sulfide) groups is 1. The maximum Gasteiger partial charge on any atom is 0.330 e. The first-order valence-corrected chi connectivity index (χ1v) is 6.01. The van der Waals surface area contributed by atoms with Crippen LogP contribution in [0.25, 0.3) is 0 Å². The average molecular weight is 232 g/mol. The summed E-state index contributed by atoms with van der Waals surface area (Å²) in [6.45, 7) is 3.36. The number of esters is 1. The molecule has 0 bridgehead atoms. The third-order valence-corrected chi connectivity index (χ3v) is 3.02. The lowest BCUT2D eigenvalue weighted by Crippen LogP contribution is -2.07. The van der Waals surface area contributed by atoms with Crippen LogP contribution < -0.4 is 0 Å². The maximum atomic E-state index is 11.1. The van der Waals surface area contributed by atoms with Crippen LogP contribution in [0.15, 0.2) is 12.7 Å². The van der Waals surface area contributed by atoms with Crippen LogP contribution in [-0.2, 0) is 18.8 Å². The van der Waals surface area contributed by atoms with E-state index >= 15 is 0 Å². The lowest BCUT2D eigenvalue weighted by molar-refractivity contribution is -0.138. The van der Waals surface area contributed by atoms with Gasteiger partial charge in [0.1, 0.15) is 0 Å². The van der Waals surface area contributed by atoms with E-state index in [1.165, 1.54) is 11.8 Å². The van der Waals surface area contributed by atoms with E-state index in [0.717, 1.165) is 6.08 Å². The molecule has 0 aliphatic carbocycles. The number of ether oxygens (including phenoxy) is 1. The van der Waals surface area contributed by atoms with E-state index < -0.39 is 5.97 Å². The molecule has 2 radical (unpaired) electrons. The molecule has 0 fully saturated rings. The van der Waals surface area contributed by atoms with E-state index in [1.54, 1.807) is 7.11 Å². The van der Waals surface area contributed by atoms with E-state index in [4.69, 9.17) is 4.43 Å². The summed E-state index contributed by atoms with van der Waals surface area (Å²) in [5.74, 6) is -0.499. The minimum Gasteiger partial charge on any atom is -0.462 e. The van der Waals surface area contributed by atoms with Gasteiger partial charge in [-0.3, -0.25) is 4.79 Å². The first kappa shape index (κ1) is 13.4. The Kier molecular flexibility index (Phi) is 8.60. The fourth-order valence-corrected chi connectivity index (χ4v) is 2.11. The Balaban J connectivity index is 3.35. The summed E-state index contributed by atoms with van der Waals surface area (Å²) in [7, 11) is 1.92. The Morgan fingerprint density at radius 1 is 1.57 bits per heavy atom. The summed E-state index contributed by atoms with van der Waals surface area (Å²) in [5.41, 5.74) is 0. The van der Waals surface area contributed by atoms with Gasteiger partial charge in [-0.2, -0.15) is 0 Å². The molecule has 14 heavy (non-hydrogen) atoms. The topological polar surface area (TPSA) is 52.6 Å². The van der Waals surface area contributed by atoms with Crippen LogP contribution in [0.4, 0.5) is 0 Å². The van der Waals surface area contributed by atoms with Crippen molar-refractivity contribution >= 4 is 32.6 Å². The highest BCUT2D eigenvalue weighted by Crippen LogP contribution is 2.04. The Hall–Kier alpha value is -0.593. The predicted octanol–water partition coefficient (Wildman–Crippen LogP) is 0.589. The number of hydrogen-bond acceptors (Lipinski definition) is 5. The molecule has 6 heteroatoms. The molecule has 0 spiro atoms. The highest BCUT2D eigenvalue weighted by Gasteiger charge is 2.04. The molecule has 0 aromatic heterocycles. The fraction of sp³-hybridized carbons (Fsp3) is 0.500. The van der Waals surface area contributed by atoms with Gasteiger partial charge in [0.15, 0.2) is 5.12 Å². The molecule has 0 N–H and O–H groups in total. The smallest absolute Gasteiger partial charge is 0.330 e. The van der Waals surface area contributed by atoms with Gasteiger partial charge in [-0.05, 0) is 0 Å². The second-order valence-electron chi connectivity index (χ2n) is 2.13. The largest absolute Gasteiger partial charge is 0.462 e. The summed E-state index contributed by atoms with van der Waals surface area (Å²) in [6, 6.07) is 0. The van der Waals surface area contributed by atoms with Gasteiger partial charge < -0.3 is 9.16 Å². The van der Waals surface area contributed by atoms with Crippen LogP contribution in [0.5, 0.6) is 0 Å². The first-order chi connectivity index (χ1) is 6.70. The molecule has 0 aromatic rings. The van der Waals surface area contributed by atoms with Gasteiger partial charge in [-0.1, -0.05) is 18.3 Å². The van der Waals surface area contributed by atoms with Gasteiger partial charge in [0.2, 0.25) is 9.76 Å². The number of rotatable bonds is 7. The van der Waals surface area contributed by atoms with Crippen molar-refractivity contribution in [2.75, 3.05) is 19.1 Å². The van der Waals surface area contributed by atoms with Gasteiger partial charge in [0.05, 0.1) is 13.0 Å². The van der Waals surface area contributed by atoms with Crippen molar-refractivity contribution in [1.29, 1.82) is 0 Å². The van der Waals surface area contributed by atoms with Gasteiger partial charge in [-0.25, -0.2) is 4.79 Å². The predicted molar refractivity (Wildman–Crippen MR) is 56.0 cm³/mol. The maximum absolute atomic E-state index is 11.1. The molecular formula is C8H12O4SSi. The standard InChI is InChI=1S/C8H12O4SSi/c1-3-7(9)12-5-4-8(10)13-6-14-11-2/h3H,1,4-6H2,2H3. The molecule has 0 aliphatic rings. The van der Waals surface area contributed by atoms with Gasteiger partial charge in [-0.15, -0.1) is 0 Å². The van der Waals surface area contributed by atoms with Gasteiger partial charge in [0.25, 0.3) is 0 Å². The second kappa shape index (κ2) is 8.98. The highest BCUT2D eigenvalue weighted by molar-refractivity contribution is 8.14. The molecule has 0 saturated heterocycles. The summed E-state index contributed by atoms with van der Waals surface area (Å²) in [4.78, 5) is 21.7. The zero-order chi connectivity index (χ0) is 10.8. The van der Waals surface area contributed by atoms with Crippen LogP contribution in [0.3, 0.4) is 0 Å². The third-order valence-electron chi connectivity index (χ3n) is 1.15. The summed E-state index contributed by atoms with van der Waals surface area (Å²) < 4.78 is 9.46. The molecule has 4 nitrogen and oxygen atoms in total. The Morgan fingerprint density at radius 3 is 2.86 bits per heavy atom. The van der Waals surface area contributed by atoms with Crippen LogP contribution >= 0.6 is 11.8 Å². The zero-order valence-electron chi connectivity index (χ0n) is 7.95. The summed E-state index contributed by atoms with van der Waals surface area (Å²) >= 11 is 1.19. The van der Waals surface area contributed by atoms with Gasteiger partial charge in [0, 0.05) is 18.6 Å². The highest BCUT2D eigenvalue weighted by atomic mass is 32.2. The third kappa shape index (κ3) is 8.03. The van der Waals surface area contributed by atoms with E-state index in [1.807, 2.05) is 0 Å². The van der Waals surface area contributed by atoms with E-state index in [0.29, 0.717) is 15.1 Å². The van der Waals surface area contributed by atoms with Crippen molar-refractivity contribution in [2.24, 2.45) is 0 Å².